The Bertz CT molecular complexity index is 533. The summed E-state index contributed by atoms with van der Waals surface area (Å²) in [5.74, 6) is 0. The van der Waals surface area contributed by atoms with Crippen molar-refractivity contribution >= 4 is 12.2 Å². The van der Waals surface area contributed by atoms with Gasteiger partial charge in [-0.1, -0.05) is 78.9 Å². The van der Waals surface area contributed by atoms with Crippen LogP contribution in [0.5, 0.6) is 0 Å². The van der Waals surface area contributed by atoms with Gasteiger partial charge in [0.2, 0.25) is 0 Å². The minimum atomic E-state index is 1.12. The van der Waals surface area contributed by atoms with Gasteiger partial charge < -0.3 is 0 Å². The van der Waals surface area contributed by atoms with Gasteiger partial charge in [0.1, 0.15) is 0 Å². The zero-order valence-electron chi connectivity index (χ0n) is 10.7. The predicted molar refractivity (Wildman–Crippen MR) is 80.3 cm³/mol. The lowest BCUT2D eigenvalue weighted by molar-refractivity contribution is 1.31. The first-order valence-electron chi connectivity index (χ1n) is 6.32. The van der Waals surface area contributed by atoms with Gasteiger partial charge in [-0.05, 0) is 30.0 Å². The van der Waals surface area contributed by atoms with Crippen molar-refractivity contribution in [3.8, 4) is 0 Å². The number of hydrogen-bond acceptors (Lipinski definition) is 0. The molecule has 1 aliphatic carbocycles. The minimum absolute atomic E-state index is 1.12. The minimum Gasteiger partial charge on any atom is -0.0871 e. The van der Waals surface area contributed by atoms with Crippen LogP contribution in [0.3, 0.4) is 0 Å². The zero-order chi connectivity index (χ0) is 12.6. The van der Waals surface area contributed by atoms with Crippen molar-refractivity contribution < 1.29 is 0 Å². The van der Waals surface area contributed by atoms with Gasteiger partial charge in [0, 0.05) is 0 Å². The molecular formula is C18H18. The molecule has 3 rings (SSSR count). The lowest BCUT2D eigenvalue weighted by Crippen LogP contribution is -1.76. The molecule has 0 heteroatoms. The molecule has 0 N–H and O–H groups in total. The van der Waals surface area contributed by atoms with E-state index in [0.717, 1.165) is 6.42 Å². The van der Waals surface area contributed by atoms with Crippen LogP contribution in [-0.2, 0) is 6.42 Å². The summed E-state index contributed by atoms with van der Waals surface area (Å²) in [5, 5.41) is 0. The van der Waals surface area contributed by atoms with Crippen molar-refractivity contribution in [3.63, 3.8) is 0 Å². The molecule has 1 aliphatic rings. The van der Waals surface area contributed by atoms with Crippen molar-refractivity contribution in [2.75, 3.05) is 0 Å². The molecule has 2 aromatic rings. The van der Waals surface area contributed by atoms with E-state index in [9.17, 15) is 0 Å². The Morgan fingerprint density at radius 1 is 0.889 bits per heavy atom. The van der Waals surface area contributed by atoms with Gasteiger partial charge in [0.05, 0.1) is 0 Å². The van der Waals surface area contributed by atoms with Crippen LogP contribution in [0.1, 0.15) is 23.6 Å². The molecule has 0 bridgehead atoms. The third-order valence-electron chi connectivity index (χ3n) is 2.85. The first kappa shape index (κ1) is 12.4. The Morgan fingerprint density at radius 3 is 2.33 bits per heavy atom. The molecule has 0 unspecified atom stereocenters. The Labute approximate surface area is 109 Å². The third-order valence-corrected chi connectivity index (χ3v) is 2.85. The number of allylic oxidation sites excluding steroid dienone is 2. The molecule has 0 spiro atoms. The van der Waals surface area contributed by atoms with E-state index in [1.165, 1.54) is 16.7 Å². The quantitative estimate of drug-likeness (QED) is 0.653. The highest BCUT2D eigenvalue weighted by atomic mass is 14.0. The molecule has 0 radical (unpaired) electrons. The first-order chi connectivity index (χ1) is 8.90. The molecule has 0 saturated heterocycles. The van der Waals surface area contributed by atoms with Crippen LogP contribution >= 0.6 is 0 Å². The van der Waals surface area contributed by atoms with Gasteiger partial charge in [-0.25, -0.2) is 0 Å². The molecular weight excluding hydrogens is 216 g/mol. The van der Waals surface area contributed by atoms with E-state index in [1.807, 2.05) is 31.2 Å². The van der Waals surface area contributed by atoms with Crippen LogP contribution in [0.2, 0.25) is 0 Å². The standard InChI is InChI=1S/C9H8.C9H10/c1-2-5-9-7-3-6-8(9)4-1;1-2-6-9-7-4-3-5-8-9/h1-6H,7H2;2-8H,1H3. The van der Waals surface area contributed by atoms with Gasteiger partial charge in [0.15, 0.2) is 0 Å². The summed E-state index contributed by atoms with van der Waals surface area (Å²) in [6.07, 6.45) is 9.62. The molecule has 0 atom stereocenters. The maximum Gasteiger partial charge on any atom is -0.00882 e. The maximum atomic E-state index is 2.20. The van der Waals surface area contributed by atoms with Crippen molar-refractivity contribution in [1.82, 2.24) is 0 Å². The van der Waals surface area contributed by atoms with Crippen molar-refractivity contribution in [1.29, 1.82) is 0 Å². The highest BCUT2D eigenvalue weighted by Gasteiger charge is 2.00. The molecule has 0 saturated carbocycles. The van der Waals surface area contributed by atoms with Gasteiger partial charge in [0.25, 0.3) is 0 Å². The largest absolute Gasteiger partial charge is 0.0871 e. The second-order valence-corrected chi connectivity index (χ2v) is 4.22. The van der Waals surface area contributed by atoms with Gasteiger partial charge in [-0.15, -0.1) is 0 Å². The maximum absolute atomic E-state index is 2.20. The van der Waals surface area contributed by atoms with E-state index in [4.69, 9.17) is 0 Å². The lowest BCUT2D eigenvalue weighted by atomic mass is 10.1. The topological polar surface area (TPSA) is 0 Å². The molecule has 0 fully saturated rings. The Balaban J connectivity index is 0.000000134. The molecule has 90 valence electrons. The molecule has 0 amide bonds. The smallest absolute Gasteiger partial charge is 0.00882 e. The second-order valence-electron chi connectivity index (χ2n) is 4.22. The summed E-state index contributed by atoms with van der Waals surface area (Å²) in [5.41, 5.74) is 4.11. The third kappa shape index (κ3) is 3.46. The summed E-state index contributed by atoms with van der Waals surface area (Å²) < 4.78 is 0. The zero-order valence-corrected chi connectivity index (χ0v) is 10.7. The summed E-state index contributed by atoms with van der Waals surface area (Å²) in [6.45, 7) is 2.02. The Morgan fingerprint density at radius 2 is 1.61 bits per heavy atom. The van der Waals surface area contributed by atoms with E-state index >= 15 is 0 Å². The highest BCUT2D eigenvalue weighted by Crippen LogP contribution is 2.17. The van der Waals surface area contributed by atoms with E-state index in [2.05, 4.69) is 54.6 Å². The van der Waals surface area contributed by atoms with Crippen LogP contribution in [-0.4, -0.2) is 0 Å². The molecule has 0 aliphatic heterocycles. The van der Waals surface area contributed by atoms with E-state index in [1.54, 1.807) is 0 Å². The Hall–Kier alpha value is -2.08. The number of benzene rings is 2. The first-order valence-corrected chi connectivity index (χ1v) is 6.32. The van der Waals surface area contributed by atoms with E-state index in [0.29, 0.717) is 0 Å². The fourth-order valence-electron chi connectivity index (χ4n) is 1.95. The predicted octanol–water partition coefficient (Wildman–Crippen LogP) is 4.98. The summed E-state index contributed by atoms with van der Waals surface area (Å²) >= 11 is 0. The van der Waals surface area contributed by atoms with Crippen LogP contribution in [0.15, 0.2) is 66.7 Å². The van der Waals surface area contributed by atoms with E-state index in [-0.39, 0.29) is 0 Å². The van der Waals surface area contributed by atoms with Crippen LogP contribution in [0, 0.1) is 0 Å². The average Bonchev–Trinajstić information content (AvgIpc) is 2.89. The summed E-state index contributed by atoms with van der Waals surface area (Å²) in [7, 11) is 0. The number of fused-ring (bicyclic) bond motifs is 1. The second kappa shape index (κ2) is 6.61. The van der Waals surface area contributed by atoms with Gasteiger partial charge in [-0.3, -0.25) is 0 Å². The average molecular weight is 234 g/mol. The molecule has 0 heterocycles. The van der Waals surface area contributed by atoms with Gasteiger partial charge >= 0.3 is 0 Å². The van der Waals surface area contributed by atoms with Crippen LogP contribution in [0.4, 0.5) is 0 Å². The SMILES string of the molecule is C1=Cc2ccccc2C1.CC=Cc1ccccc1. The van der Waals surface area contributed by atoms with Crippen molar-refractivity contribution in [2.24, 2.45) is 0 Å². The van der Waals surface area contributed by atoms with Crippen LogP contribution in [0.25, 0.3) is 12.2 Å². The summed E-state index contributed by atoms with van der Waals surface area (Å²) in [6, 6.07) is 18.8. The lowest BCUT2D eigenvalue weighted by Gasteiger charge is -1.93. The molecule has 0 aromatic heterocycles. The normalized spacial score (nSPS) is 12.1. The molecule has 0 nitrogen and oxygen atoms in total. The van der Waals surface area contributed by atoms with E-state index < -0.39 is 0 Å². The fraction of sp³-hybridized carbons (Fsp3) is 0.111. The van der Waals surface area contributed by atoms with Crippen LogP contribution < -0.4 is 0 Å². The highest BCUT2D eigenvalue weighted by molar-refractivity contribution is 5.59. The molecule has 2 aromatic carbocycles. The number of rotatable bonds is 1. The molecule has 18 heavy (non-hydrogen) atoms. The van der Waals surface area contributed by atoms with Gasteiger partial charge in [-0.2, -0.15) is 0 Å². The van der Waals surface area contributed by atoms with Crippen molar-refractivity contribution in [3.05, 3.63) is 83.4 Å². The van der Waals surface area contributed by atoms with Crippen molar-refractivity contribution in [2.45, 2.75) is 13.3 Å². The fourth-order valence-corrected chi connectivity index (χ4v) is 1.95. The monoisotopic (exact) mass is 234 g/mol. The summed E-state index contributed by atoms with van der Waals surface area (Å²) in [4.78, 5) is 0. The number of hydrogen-bond donors (Lipinski definition) is 0. The Kier molecular flexibility index (Phi) is 4.54.